The van der Waals surface area contributed by atoms with Gasteiger partial charge in [-0.05, 0) is 6.42 Å². The molecule has 0 N–H and O–H groups in total. The van der Waals surface area contributed by atoms with E-state index < -0.39 is 0 Å². The van der Waals surface area contributed by atoms with Gasteiger partial charge in [-0.1, -0.05) is 35.4 Å². The molecule has 36 heavy (non-hydrogen) atoms. The van der Waals surface area contributed by atoms with Gasteiger partial charge < -0.3 is 0 Å². The van der Waals surface area contributed by atoms with Gasteiger partial charge in [-0.15, -0.1) is 36.8 Å². The summed E-state index contributed by atoms with van der Waals surface area (Å²) in [7, 11) is 0. The van der Waals surface area contributed by atoms with E-state index in [0.29, 0.717) is 0 Å². The van der Waals surface area contributed by atoms with Crippen molar-refractivity contribution in [2.45, 2.75) is 12.8 Å². The molecule has 0 aliphatic heterocycles. The molecular formula is C31H24Cl4Zr. The van der Waals surface area contributed by atoms with Crippen LogP contribution in [0.2, 0.25) is 10.0 Å². The monoisotopic (exact) mass is 626 g/mol. The van der Waals surface area contributed by atoms with Crippen molar-refractivity contribution >= 4 is 51.2 Å². The van der Waals surface area contributed by atoms with Crippen LogP contribution in [0.25, 0.3) is 11.1 Å². The van der Waals surface area contributed by atoms with E-state index in [9.17, 15) is 0 Å². The maximum Gasteiger partial charge on any atom is -0.0253 e. The van der Waals surface area contributed by atoms with Crippen LogP contribution < -0.4 is 0 Å². The molecule has 0 unspecified atom stereocenters. The second-order valence-corrected chi connectivity index (χ2v) is 9.90. The molecule has 0 nitrogen and oxygen atoms in total. The van der Waals surface area contributed by atoms with Gasteiger partial charge in [0.05, 0.1) is 0 Å². The van der Waals surface area contributed by atoms with Crippen molar-refractivity contribution in [3.05, 3.63) is 154 Å². The molecule has 2 aliphatic rings. The van der Waals surface area contributed by atoms with Crippen LogP contribution in [0.5, 0.6) is 0 Å². The number of rotatable bonds is 2. The Balaban J connectivity index is 0.000000205. The molecule has 0 saturated heterocycles. The minimum atomic E-state index is 0. The first-order valence-electron chi connectivity index (χ1n) is 11.0. The molecule has 0 bridgehead atoms. The van der Waals surface area contributed by atoms with Crippen molar-refractivity contribution in [1.29, 1.82) is 0 Å². The summed E-state index contributed by atoms with van der Waals surface area (Å²) in [6.07, 6.45) is 11.0. The Kier molecular flexibility index (Phi) is 13.1. The van der Waals surface area contributed by atoms with Gasteiger partial charge in [0, 0.05) is 0 Å². The predicted octanol–water partition coefficient (Wildman–Crippen LogP) is 9.32. The number of benzene rings is 4. The SMILES string of the molecule is Cl.Cl.Clc1cccc([C](=[Zr+2])c2cccc(Cl)c2)c1.[C-]1=CC=CC1.[c-]1cccc2c1Cc1ccccc1-2. The Morgan fingerprint density at radius 1 is 0.750 bits per heavy atom. The minimum absolute atomic E-state index is 0. The molecule has 4 aromatic carbocycles. The van der Waals surface area contributed by atoms with Crippen LogP contribution in [0.15, 0.2) is 109 Å². The topological polar surface area (TPSA) is 0 Å². The summed E-state index contributed by atoms with van der Waals surface area (Å²) in [6.45, 7) is 0. The second-order valence-electron chi connectivity index (χ2n) is 7.80. The zero-order valence-electron chi connectivity index (χ0n) is 19.4. The van der Waals surface area contributed by atoms with Crippen molar-refractivity contribution in [1.82, 2.24) is 0 Å². The Labute approximate surface area is 251 Å². The zero-order chi connectivity index (χ0) is 23.8. The third-order valence-corrected chi connectivity index (χ3v) is 7.32. The predicted molar refractivity (Wildman–Crippen MR) is 156 cm³/mol. The molecule has 4 aromatic rings. The normalized spacial score (nSPS) is 11.4. The molecule has 0 spiro atoms. The van der Waals surface area contributed by atoms with Crippen LogP contribution in [0.1, 0.15) is 28.7 Å². The number of hydrogen-bond donors (Lipinski definition) is 0. The molecule has 0 atom stereocenters. The standard InChI is InChI=1S/C13H8Cl2.C13H9.C5H5.2ClH.Zr/c14-12-5-1-3-10(8-12)7-11-4-2-6-13(15)9-11;1-3-7-12-10(5-1)9-11-6-2-4-8-13(11)12;1-2-4-5-3-1;;;/h1-6,8-9H;1-5,7-8H,9H2;1-3H,4H2;2*1H;/q;2*-1;;;+2. The van der Waals surface area contributed by atoms with E-state index in [1.807, 2.05) is 54.6 Å². The van der Waals surface area contributed by atoms with Crippen molar-refractivity contribution in [2.75, 3.05) is 0 Å². The van der Waals surface area contributed by atoms with E-state index in [0.717, 1.165) is 34.0 Å². The maximum atomic E-state index is 5.98. The van der Waals surface area contributed by atoms with Gasteiger partial charge in [-0.25, -0.2) is 12.2 Å². The van der Waals surface area contributed by atoms with Crippen molar-refractivity contribution in [3.63, 3.8) is 0 Å². The van der Waals surface area contributed by atoms with Gasteiger partial charge in [0.2, 0.25) is 0 Å². The van der Waals surface area contributed by atoms with Gasteiger partial charge in [0.25, 0.3) is 0 Å². The summed E-state index contributed by atoms with van der Waals surface area (Å²) in [5.74, 6) is 0. The molecule has 0 radical (unpaired) electrons. The fourth-order valence-electron chi connectivity index (χ4n) is 3.79. The number of fused-ring (bicyclic) bond motifs is 3. The zero-order valence-corrected chi connectivity index (χ0v) is 25.0. The fourth-order valence-corrected chi connectivity index (χ4v) is 4.94. The first kappa shape index (κ1) is 30.5. The molecule has 6 rings (SSSR count). The van der Waals surface area contributed by atoms with Crippen molar-refractivity contribution < 1.29 is 24.2 Å². The van der Waals surface area contributed by atoms with Crippen LogP contribution >= 0.6 is 48.0 Å². The summed E-state index contributed by atoms with van der Waals surface area (Å²) in [4.78, 5) is 0. The van der Waals surface area contributed by atoms with E-state index in [-0.39, 0.29) is 24.8 Å². The van der Waals surface area contributed by atoms with Gasteiger partial charge in [-0.2, -0.15) is 35.9 Å². The average Bonchev–Trinajstić information content (AvgIpc) is 3.56. The van der Waals surface area contributed by atoms with Crippen LogP contribution in [0.3, 0.4) is 0 Å². The quantitative estimate of drug-likeness (QED) is 0.171. The summed E-state index contributed by atoms with van der Waals surface area (Å²) in [5, 5.41) is 1.53. The summed E-state index contributed by atoms with van der Waals surface area (Å²) in [5.41, 5.74) is 7.83. The molecule has 2 aliphatic carbocycles. The van der Waals surface area contributed by atoms with E-state index >= 15 is 0 Å². The molecule has 0 amide bonds. The number of halogens is 4. The van der Waals surface area contributed by atoms with Gasteiger partial charge in [0.15, 0.2) is 0 Å². The molecule has 0 aromatic heterocycles. The van der Waals surface area contributed by atoms with Crippen LogP contribution in [-0.2, 0) is 30.7 Å². The van der Waals surface area contributed by atoms with Crippen LogP contribution in [-0.4, -0.2) is 3.21 Å². The van der Waals surface area contributed by atoms with Gasteiger partial charge >= 0.3 is 120 Å². The van der Waals surface area contributed by atoms with E-state index in [4.69, 9.17) is 23.2 Å². The van der Waals surface area contributed by atoms with Crippen molar-refractivity contribution in [3.8, 4) is 11.1 Å². The molecule has 0 fully saturated rings. The molecule has 5 heteroatoms. The largest absolute Gasteiger partial charge is 0.273 e. The van der Waals surface area contributed by atoms with Crippen molar-refractivity contribution in [2.24, 2.45) is 0 Å². The summed E-state index contributed by atoms with van der Waals surface area (Å²) >= 11 is 13.3. The molecular weight excluding hydrogens is 605 g/mol. The van der Waals surface area contributed by atoms with Crippen LogP contribution in [0, 0.1) is 12.1 Å². The Bertz CT molecular complexity index is 1260. The Morgan fingerprint density at radius 2 is 1.39 bits per heavy atom. The molecule has 0 saturated carbocycles. The average molecular weight is 630 g/mol. The Hall–Kier alpha value is -1.73. The summed E-state index contributed by atoms with van der Waals surface area (Å²) < 4.78 is 1.26. The van der Waals surface area contributed by atoms with E-state index in [1.54, 1.807) is 0 Å². The maximum absolute atomic E-state index is 5.98. The molecule has 0 heterocycles. The first-order chi connectivity index (χ1) is 16.6. The number of hydrogen-bond acceptors (Lipinski definition) is 0. The third kappa shape index (κ3) is 8.41. The van der Waals surface area contributed by atoms with E-state index in [1.165, 1.54) is 49.7 Å². The fraction of sp³-hybridized carbons (Fsp3) is 0.0645. The smallest absolute Gasteiger partial charge is 0.0253 e. The first-order valence-corrected chi connectivity index (χ1v) is 13.0. The van der Waals surface area contributed by atoms with Gasteiger partial charge in [-0.3, -0.25) is 6.08 Å². The van der Waals surface area contributed by atoms with Gasteiger partial charge in [0.1, 0.15) is 0 Å². The molecule has 180 valence electrons. The number of allylic oxidation sites excluding steroid dienone is 4. The minimum Gasteiger partial charge on any atom is -0.273 e. The Morgan fingerprint density at radius 3 is 1.94 bits per heavy atom. The third-order valence-electron chi connectivity index (χ3n) is 5.43. The van der Waals surface area contributed by atoms with Crippen LogP contribution in [0.4, 0.5) is 0 Å². The second kappa shape index (κ2) is 15.5. The van der Waals surface area contributed by atoms with E-state index in [2.05, 4.69) is 66.7 Å². The summed E-state index contributed by atoms with van der Waals surface area (Å²) in [6, 6.07) is 33.9.